The van der Waals surface area contributed by atoms with Gasteiger partial charge in [-0.2, -0.15) is 10.4 Å². The number of amidine groups is 1. The monoisotopic (exact) mass is 249 g/mol. The van der Waals surface area contributed by atoms with Crippen molar-refractivity contribution in [2.24, 2.45) is 10.8 Å². The Hall–Kier alpha value is -2.44. The largest absolute Gasteiger partial charge is 0.488 e. The molecule has 0 aliphatic carbocycles. The lowest BCUT2D eigenvalue weighted by Gasteiger charge is -2.05. The average molecular weight is 249 g/mol. The molecule has 0 spiro atoms. The van der Waals surface area contributed by atoms with Crippen LogP contribution in [0.15, 0.2) is 23.3 Å². The van der Waals surface area contributed by atoms with Gasteiger partial charge in [0.15, 0.2) is 5.84 Å². The number of nitrogens with zero attached hydrogens (tertiary/aromatic N) is 2. The lowest BCUT2D eigenvalue weighted by atomic mass is 9.80. The van der Waals surface area contributed by atoms with Gasteiger partial charge in [-0.25, -0.2) is 4.39 Å². The van der Waals surface area contributed by atoms with Gasteiger partial charge in [0.05, 0.1) is 5.69 Å². The van der Waals surface area contributed by atoms with Crippen LogP contribution in [0, 0.1) is 22.6 Å². The van der Waals surface area contributed by atoms with Crippen LogP contribution in [0.25, 0.3) is 0 Å². The second-order valence-electron chi connectivity index (χ2n) is 3.24. The summed E-state index contributed by atoms with van der Waals surface area (Å²) in [6, 6.07) is 4.77. The minimum absolute atomic E-state index is 0.0750. The van der Waals surface area contributed by atoms with Crippen molar-refractivity contribution < 1.29 is 14.4 Å². The number of rotatable bonds is 4. The maximum Gasteiger partial charge on any atom is 0.488 e. The van der Waals surface area contributed by atoms with Crippen molar-refractivity contribution in [3.63, 3.8) is 0 Å². The zero-order chi connectivity index (χ0) is 13.7. The zero-order valence-electron chi connectivity index (χ0n) is 9.05. The quantitative estimate of drug-likeness (QED) is 0.196. The molecule has 9 heteroatoms. The van der Waals surface area contributed by atoms with E-state index >= 15 is 0 Å². The molecule has 0 bridgehead atoms. The third-order valence-corrected chi connectivity index (χ3v) is 1.88. The number of nitrogens with two attached hydrogens (primary N) is 1. The number of nitriles is 1. The first-order valence-electron chi connectivity index (χ1n) is 4.69. The van der Waals surface area contributed by atoms with Crippen LogP contribution in [0.2, 0.25) is 0 Å². The van der Waals surface area contributed by atoms with Crippen molar-refractivity contribution in [2.45, 2.75) is 0 Å². The van der Waals surface area contributed by atoms with Gasteiger partial charge >= 0.3 is 7.12 Å². The fourth-order valence-electron chi connectivity index (χ4n) is 1.09. The average Bonchev–Trinajstić information content (AvgIpc) is 2.28. The zero-order valence-corrected chi connectivity index (χ0v) is 9.05. The van der Waals surface area contributed by atoms with E-state index in [-0.39, 0.29) is 16.9 Å². The SMILES string of the molecule is N#C/C(=N\Nc1cc(F)cc(B(O)O)c1)C(=N)N. The molecule has 7 nitrogen and oxygen atoms in total. The van der Waals surface area contributed by atoms with Gasteiger partial charge in [-0.1, -0.05) is 0 Å². The second-order valence-corrected chi connectivity index (χ2v) is 3.24. The molecule has 1 aromatic rings. The molecule has 0 unspecified atom stereocenters. The van der Waals surface area contributed by atoms with E-state index in [1.54, 1.807) is 6.07 Å². The molecule has 1 aromatic carbocycles. The van der Waals surface area contributed by atoms with E-state index in [1.807, 2.05) is 0 Å². The van der Waals surface area contributed by atoms with Crippen LogP contribution in [0.3, 0.4) is 0 Å². The van der Waals surface area contributed by atoms with E-state index in [9.17, 15) is 4.39 Å². The minimum Gasteiger partial charge on any atom is -0.423 e. The molecule has 0 atom stereocenters. The molecule has 0 aliphatic heterocycles. The number of anilines is 1. The van der Waals surface area contributed by atoms with Gasteiger partial charge in [0, 0.05) is 0 Å². The fraction of sp³-hybridized carbons (Fsp3) is 0. The Kier molecular flexibility index (Phi) is 4.36. The van der Waals surface area contributed by atoms with Gasteiger partial charge in [-0.15, -0.1) is 0 Å². The molecule has 0 saturated heterocycles. The van der Waals surface area contributed by atoms with E-state index in [0.29, 0.717) is 0 Å². The highest BCUT2D eigenvalue weighted by Gasteiger charge is 2.13. The van der Waals surface area contributed by atoms with Gasteiger partial charge < -0.3 is 15.8 Å². The molecule has 0 radical (unpaired) electrons. The fourth-order valence-corrected chi connectivity index (χ4v) is 1.09. The number of hydrogen-bond donors (Lipinski definition) is 5. The van der Waals surface area contributed by atoms with Gasteiger partial charge in [-0.3, -0.25) is 10.8 Å². The van der Waals surface area contributed by atoms with Gasteiger partial charge in [0.1, 0.15) is 11.9 Å². The predicted octanol–water partition coefficient (Wildman–Crippen LogP) is -1.27. The number of benzene rings is 1. The number of nitrogens with one attached hydrogen (secondary N) is 2. The highest BCUT2D eigenvalue weighted by molar-refractivity contribution is 6.58. The third kappa shape index (κ3) is 3.55. The Morgan fingerprint density at radius 2 is 2.17 bits per heavy atom. The first kappa shape index (κ1) is 13.6. The summed E-state index contributed by atoms with van der Waals surface area (Å²) in [6.45, 7) is 0. The summed E-state index contributed by atoms with van der Waals surface area (Å²) in [4.78, 5) is 0. The highest BCUT2D eigenvalue weighted by Crippen LogP contribution is 2.08. The van der Waals surface area contributed by atoms with E-state index in [2.05, 4.69) is 10.5 Å². The molecule has 0 saturated carbocycles. The molecule has 1 rings (SSSR count). The summed E-state index contributed by atoms with van der Waals surface area (Å²) < 4.78 is 13.1. The van der Waals surface area contributed by atoms with E-state index in [1.165, 1.54) is 6.07 Å². The van der Waals surface area contributed by atoms with Crippen LogP contribution in [-0.4, -0.2) is 28.7 Å². The predicted molar refractivity (Wildman–Crippen MR) is 64.8 cm³/mol. The molecule has 0 aliphatic rings. The van der Waals surface area contributed by atoms with Gasteiger partial charge in [0.25, 0.3) is 0 Å². The number of hydrazone groups is 1. The summed E-state index contributed by atoms with van der Waals surface area (Å²) in [6.07, 6.45) is 0. The molecule has 0 amide bonds. The summed E-state index contributed by atoms with van der Waals surface area (Å²) in [7, 11) is -1.83. The van der Waals surface area contributed by atoms with Crippen molar-refractivity contribution in [3.05, 3.63) is 24.0 Å². The van der Waals surface area contributed by atoms with Crippen molar-refractivity contribution >= 4 is 29.8 Å². The summed E-state index contributed by atoms with van der Waals surface area (Å²) >= 11 is 0. The lowest BCUT2D eigenvalue weighted by Crippen LogP contribution is -2.30. The number of hydrogen-bond acceptors (Lipinski definition) is 6. The molecule has 92 valence electrons. The Labute approximate surface area is 102 Å². The first-order valence-corrected chi connectivity index (χ1v) is 4.69. The second kappa shape index (κ2) is 5.76. The smallest absolute Gasteiger partial charge is 0.423 e. The van der Waals surface area contributed by atoms with Crippen LogP contribution < -0.4 is 16.6 Å². The Morgan fingerprint density at radius 3 is 2.67 bits per heavy atom. The molecule has 0 heterocycles. The van der Waals surface area contributed by atoms with E-state index in [4.69, 9.17) is 26.5 Å². The highest BCUT2D eigenvalue weighted by atomic mass is 19.1. The maximum atomic E-state index is 13.1. The topological polar surface area (TPSA) is 139 Å². The summed E-state index contributed by atoms with van der Waals surface area (Å²) in [5.41, 5.74) is 7.00. The first-order chi connectivity index (χ1) is 8.43. The maximum absolute atomic E-state index is 13.1. The molecule has 0 aromatic heterocycles. The third-order valence-electron chi connectivity index (χ3n) is 1.88. The summed E-state index contributed by atoms with van der Waals surface area (Å²) in [5, 5.41) is 36.9. The van der Waals surface area contributed by atoms with Crippen molar-refractivity contribution in [2.75, 3.05) is 5.43 Å². The van der Waals surface area contributed by atoms with E-state index < -0.39 is 18.8 Å². The van der Waals surface area contributed by atoms with Crippen molar-refractivity contribution in [3.8, 4) is 6.07 Å². The van der Waals surface area contributed by atoms with Crippen LogP contribution in [-0.2, 0) is 0 Å². The number of halogens is 1. The Morgan fingerprint density at radius 1 is 1.50 bits per heavy atom. The van der Waals surface area contributed by atoms with Gasteiger partial charge in [0.2, 0.25) is 5.71 Å². The standard InChI is InChI=1S/C9H9BFN5O2/c11-6-1-5(10(17)18)2-7(3-6)15-16-8(4-12)9(13)14/h1-3,15,17-18H,(H3,13,14)/b16-8+. The molecular weight excluding hydrogens is 240 g/mol. The molecule has 6 N–H and O–H groups in total. The van der Waals surface area contributed by atoms with Crippen LogP contribution in [0.1, 0.15) is 0 Å². The Bertz CT molecular complexity index is 540. The van der Waals surface area contributed by atoms with Crippen LogP contribution in [0.4, 0.5) is 10.1 Å². The Balaban J connectivity index is 2.99. The minimum atomic E-state index is -1.83. The molecular formula is C9H9BFN5O2. The van der Waals surface area contributed by atoms with Crippen molar-refractivity contribution in [1.29, 1.82) is 10.7 Å². The lowest BCUT2D eigenvalue weighted by molar-refractivity contribution is 0.425. The van der Waals surface area contributed by atoms with Crippen LogP contribution >= 0.6 is 0 Å². The van der Waals surface area contributed by atoms with Crippen molar-refractivity contribution in [1.82, 2.24) is 0 Å². The normalized spacial score (nSPS) is 10.7. The molecule has 18 heavy (non-hydrogen) atoms. The molecule has 0 fully saturated rings. The summed E-state index contributed by atoms with van der Waals surface area (Å²) in [5.74, 6) is -1.25. The van der Waals surface area contributed by atoms with Crippen LogP contribution in [0.5, 0.6) is 0 Å². The van der Waals surface area contributed by atoms with Gasteiger partial charge in [-0.05, 0) is 23.7 Å². The van der Waals surface area contributed by atoms with E-state index in [0.717, 1.165) is 12.1 Å².